The van der Waals surface area contributed by atoms with Crippen LogP contribution in [0.5, 0.6) is 0 Å². The summed E-state index contributed by atoms with van der Waals surface area (Å²) in [4.78, 5) is 16.5. The molecule has 0 radical (unpaired) electrons. The number of nitrogens with zero attached hydrogens (tertiary/aromatic N) is 3. The predicted octanol–water partition coefficient (Wildman–Crippen LogP) is 2.80. The summed E-state index contributed by atoms with van der Waals surface area (Å²) in [6.45, 7) is 5.72. The summed E-state index contributed by atoms with van der Waals surface area (Å²) in [5.41, 5.74) is 2.39. The van der Waals surface area contributed by atoms with Crippen LogP contribution < -0.4 is 4.90 Å². The number of benzene rings is 1. The van der Waals surface area contributed by atoms with Crippen molar-refractivity contribution >= 4 is 23.2 Å². The molecule has 1 aromatic heterocycles. The molecular formula is C17H20ClN3O. The Labute approximate surface area is 135 Å². The quantitative estimate of drug-likeness (QED) is 0.871. The van der Waals surface area contributed by atoms with E-state index in [0.29, 0.717) is 6.54 Å². The highest BCUT2D eigenvalue weighted by Gasteiger charge is 2.22. The van der Waals surface area contributed by atoms with E-state index in [0.717, 1.165) is 31.2 Å². The summed E-state index contributed by atoms with van der Waals surface area (Å²) in [5.74, 6) is 0.179. The van der Waals surface area contributed by atoms with E-state index in [1.165, 1.54) is 11.3 Å². The third-order valence-electron chi connectivity index (χ3n) is 4.13. The minimum absolute atomic E-state index is 0.179. The summed E-state index contributed by atoms with van der Waals surface area (Å²) in [6, 6.07) is 9.84. The Morgan fingerprint density at radius 2 is 1.82 bits per heavy atom. The van der Waals surface area contributed by atoms with E-state index in [1.54, 1.807) is 0 Å². The molecule has 4 nitrogen and oxygen atoms in total. The van der Waals surface area contributed by atoms with Crippen molar-refractivity contribution in [3.05, 3.63) is 53.3 Å². The van der Waals surface area contributed by atoms with Gasteiger partial charge in [-0.25, -0.2) is 0 Å². The molecule has 1 amide bonds. The molecule has 1 aliphatic rings. The Hall–Kier alpha value is -1.94. The maximum Gasteiger partial charge on any atom is 0.242 e. The van der Waals surface area contributed by atoms with Crippen LogP contribution in [0.4, 0.5) is 5.69 Å². The van der Waals surface area contributed by atoms with E-state index in [-0.39, 0.29) is 5.91 Å². The van der Waals surface area contributed by atoms with Crippen molar-refractivity contribution in [1.82, 2.24) is 9.47 Å². The molecule has 0 spiro atoms. The lowest BCUT2D eigenvalue weighted by Gasteiger charge is -2.37. The van der Waals surface area contributed by atoms with E-state index in [9.17, 15) is 4.79 Å². The number of rotatable bonds is 3. The molecule has 0 saturated carbocycles. The third-order valence-corrected chi connectivity index (χ3v) is 4.36. The zero-order valence-electron chi connectivity index (χ0n) is 12.7. The smallest absolute Gasteiger partial charge is 0.242 e. The first-order chi connectivity index (χ1) is 10.6. The molecule has 0 atom stereocenters. The van der Waals surface area contributed by atoms with Gasteiger partial charge in [-0.15, -0.1) is 0 Å². The largest absolute Gasteiger partial charge is 0.368 e. The van der Waals surface area contributed by atoms with Gasteiger partial charge < -0.3 is 14.4 Å². The minimum Gasteiger partial charge on any atom is -0.368 e. The molecule has 0 unspecified atom stereocenters. The molecule has 1 fully saturated rings. The summed E-state index contributed by atoms with van der Waals surface area (Å²) in [5, 5.41) is 0.756. The van der Waals surface area contributed by atoms with Crippen molar-refractivity contribution < 1.29 is 4.79 Å². The van der Waals surface area contributed by atoms with Gasteiger partial charge in [0.1, 0.15) is 6.54 Å². The zero-order valence-corrected chi connectivity index (χ0v) is 13.5. The minimum atomic E-state index is 0.179. The van der Waals surface area contributed by atoms with E-state index in [4.69, 9.17) is 11.6 Å². The number of aromatic nitrogens is 1. The highest BCUT2D eigenvalue weighted by molar-refractivity contribution is 6.30. The van der Waals surface area contributed by atoms with Gasteiger partial charge in [0.05, 0.1) is 0 Å². The Bertz CT molecular complexity index is 646. The highest BCUT2D eigenvalue weighted by Crippen LogP contribution is 2.25. The van der Waals surface area contributed by atoms with Gasteiger partial charge >= 0.3 is 0 Å². The van der Waals surface area contributed by atoms with Crippen molar-refractivity contribution in [2.75, 3.05) is 31.1 Å². The molecular weight excluding hydrogens is 298 g/mol. The van der Waals surface area contributed by atoms with Crippen molar-refractivity contribution in [2.24, 2.45) is 0 Å². The second-order valence-corrected chi connectivity index (χ2v) is 6.09. The fraction of sp³-hybridized carbons (Fsp3) is 0.353. The summed E-state index contributed by atoms with van der Waals surface area (Å²) in [6.07, 6.45) is 3.84. The van der Waals surface area contributed by atoms with Gasteiger partial charge in [0, 0.05) is 49.3 Å². The number of hydrogen-bond acceptors (Lipinski definition) is 2. The second-order valence-electron chi connectivity index (χ2n) is 5.65. The average molecular weight is 318 g/mol. The maximum absolute atomic E-state index is 12.3. The van der Waals surface area contributed by atoms with Crippen molar-refractivity contribution in [2.45, 2.75) is 13.5 Å². The van der Waals surface area contributed by atoms with Gasteiger partial charge in [0.25, 0.3) is 0 Å². The molecule has 3 rings (SSSR count). The molecule has 1 aliphatic heterocycles. The summed E-state index contributed by atoms with van der Waals surface area (Å²) < 4.78 is 1.91. The summed E-state index contributed by atoms with van der Waals surface area (Å²) in [7, 11) is 0. The van der Waals surface area contributed by atoms with Crippen LogP contribution in [0.3, 0.4) is 0 Å². The first-order valence-electron chi connectivity index (χ1n) is 7.53. The van der Waals surface area contributed by atoms with E-state index in [1.807, 2.05) is 52.2 Å². The van der Waals surface area contributed by atoms with Crippen molar-refractivity contribution in [1.29, 1.82) is 0 Å². The molecule has 22 heavy (non-hydrogen) atoms. The number of hydrogen-bond donors (Lipinski definition) is 0. The molecule has 116 valence electrons. The predicted molar refractivity (Wildman–Crippen MR) is 89.4 cm³/mol. The van der Waals surface area contributed by atoms with Crippen LogP contribution in [0.1, 0.15) is 5.56 Å². The average Bonchev–Trinajstić information content (AvgIpc) is 3.03. The number of halogens is 1. The number of amides is 1. The van der Waals surface area contributed by atoms with Gasteiger partial charge in [-0.3, -0.25) is 4.79 Å². The van der Waals surface area contributed by atoms with Crippen molar-refractivity contribution in [3.8, 4) is 0 Å². The van der Waals surface area contributed by atoms with Crippen LogP contribution in [0.2, 0.25) is 5.02 Å². The number of carbonyl (C=O) groups is 1. The molecule has 0 aliphatic carbocycles. The monoisotopic (exact) mass is 317 g/mol. The van der Waals surface area contributed by atoms with Crippen LogP contribution in [0.15, 0.2) is 42.7 Å². The number of carbonyl (C=O) groups excluding carboxylic acids is 1. The number of anilines is 1. The molecule has 1 saturated heterocycles. The first-order valence-corrected chi connectivity index (χ1v) is 7.91. The zero-order chi connectivity index (χ0) is 15.5. The number of piperazine rings is 1. The maximum atomic E-state index is 12.3. The Kier molecular flexibility index (Phi) is 4.39. The number of aryl methyl sites for hydroxylation is 1. The van der Waals surface area contributed by atoms with Gasteiger partial charge in [0.2, 0.25) is 5.91 Å². The van der Waals surface area contributed by atoms with Crippen LogP contribution in [-0.2, 0) is 11.3 Å². The lowest BCUT2D eigenvalue weighted by atomic mass is 10.1. The molecule has 0 bridgehead atoms. The molecule has 2 aromatic rings. The standard InChI is InChI=1S/C17H20ClN3O/c1-14-4-5-15(18)12-16(14)20-8-10-21(11-9-20)17(22)13-19-6-2-3-7-19/h2-7,12H,8-11,13H2,1H3. The first kappa shape index (κ1) is 15.0. The topological polar surface area (TPSA) is 28.5 Å². The van der Waals surface area contributed by atoms with Crippen LogP contribution in [0, 0.1) is 6.92 Å². The molecule has 0 N–H and O–H groups in total. The van der Waals surface area contributed by atoms with Gasteiger partial charge in [-0.05, 0) is 36.8 Å². The van der Waals surface area contributed by atoms with Crippen LogP contribution >= 0.6 is 11.6 Å². The molecule has 1 aromatic carbocycles. The summed E-state index contributed by atoms with van der Waals surface area (Å²) >= 11 is 6.10. The van der Waals surface area contributed by atoms with E-state index in [2.05, 4.69) is 11.8 Å². The second kappa shape index (κ2) is 6.44. The van der Waals surface area contributed by atoms with Gasteiger partial charge in [-0.1, -0.05) is 17.7 Å². The van der Waals surface area contributed by atoms with Gasteiger partial charge in [-0.2, -0.15) is 0 Å². The molecule has 5 heteroatoms. The Morgan fingerprint density at radius 1 is 1.14 bits per heavy atom. The fourth-order valence-corrected chi connectivity index (χ4v) is 3.02. The fourth-order valence-electron chi connectivity index (χ4n) is 2.85. The van der Waals surface area contributed by atoms with E-state index >= 15 is 0 Å². The Morgan fingerprint density at radius 3 is 2.50 bits per heavy atom. The van der Waals surface area contributed by atoms with Gasteiger partial charge in [0.15, 0.2) is 0 Å². The highest BCUT2D eigenvalue weighted by atomic mass is 35.5. The SMILES string of the molecule is Cc1ccc(Cl)cc1N1CCN(C(=O)Cn2cccc2)CC1. The van der Waals surface area contributed by atoms with Crippen LogP contribution in [-0.4, -0.2) is 41.6 Å². The normalized spacial score (nSPS) is 15.2. The lowest BCUT2D eigenvalue weighted by molar-refractivity contribution is -0.132. The van der Waals surface area contributed by atoms with Crippen molar-refractivity contribution in [3.63, 3.8) is 0 Å². The van der Waals surface area contributed by atoms with E-state index < -0.39 is 0 Å². The molecule has 2 heterocycles. The van der Waals surface area contributed by atoms with Crippen LogP contribution in [0.25, 0.3) is 0 Å². The lowest BCUT2D eigenvalue weighted by Crippen LogP contribution is -2.49. The third kappa shape index (κ3) is 3.28. The Balaban J connectivity index is 1.60.